The van der Waals surface area contributed by atoms with Crippen molar-refractivity contribution in [1.29, 1.82) is 0 Å². The van der Waals surface area contributed by atoms with Gasteiger partial charge in [0.25, 0.3) is 5.69 Å². The summed E-state index contributed by atoms with van der Waals surface area (Å²) in [6, 6.07) is 6.72. The molecular formula is C9H6N2O2. The van der Waals surface area contributed by atoms with Gasteiger partial charge in [0.2, 0.25) is 0 Å². The second-order valence-corrected chi connectivity index (χ2v) is 2.63. The zero-order chi connectivity index (χ0) is 9.26. The van der Waals surface area contributed by atoms with Gasteiger partial charge in [-0.2, -0.15) is 0 Å². The van der Waals surface area contributed by atoms with Gasteiger partial charge in [0.05, 0.1) is 10.3 Å². The highest BCUT2D eigenvalue weighted by atomic mass is 16.6. The van der Waals surface area contributed by atoms with Crippen molar-refractivity contribution in [3.8, 4) is 0 Å². The molecule has 1 heterocycles. The fraction of sp³-hybridized carbons (Fsp3) is 0. The normalized spacial score (nSPS) is 10.2. The molecule has 0 aliphatic heterocycles. The topological polar surface area (TPSA) is 56.0 Å². The van der Waals surface area contributed by atoms with Crippen LogP contribution in [0.4, 0.5) is 5.69 Å². The van der Waals surface area contributed by atoms with Crippen LogP contribution in [0.15, 0.2) is 36.7 Å². The predicted molar refractivity (Wildman–Crippen MR) is 48.4 cm³/mol. The zero-order valence-electron chi connectivity index (χ0n) is 6.68. The summed E-state index contributed by atoms with van der Waals surface area (Å²) in [6.45, 7) is 0. The second kappa shape index (κ2) is 2.82. The third-order valence-corrected chi connectivity index (χ3v) is 1.86. The summed E-state index contributed by atoms with van der Waals surface area (Å²) >= 11 is 0. The van der Waals surface area contributed by atoms with E-state index in [0.717, 1.165) is 5.39 Å². The summed E-state index contributed by atoms with van der Waals surface area (Å²) in [5, 5.41) is 12.0. The first kappa shape index (κ1) is 7.67. The SMILES string of the molecule is O=[N+]([O-])c1cccc2ccncc12. The molecule has 0 aliphatic rings. The van der Waals surface area contributed by atoms with Crippen molar-refractivity contribution >= 4 is 16.5 Å². The van der Waals surface area contributed by atoms with Gasteiger partial charge in [-0.15, -0.1) is 0 Å². The molecule has 0 fully saturated rings. The van der Waals surface area contributed by atoms with E-state index in [4.69, 9.17) is 0 Å². The van der Waals surface area contributed by atoms with Crippen LogP contribution in [-0.4, -0.2) is 9.91 Å². The van der Waals surface area contributed by atoms with Crippen molar-refractivity contribution in [1.82, 2.24) is 4.98 Å². The van der Waals surface area contributed by atoms with Crippen molar-refractivity contribution in [2.45, 2.75) is 0 Å². The minimum absolute atomic E-state index is 0.102. The second-order valence-electron chi connectivity index (χ2n) is 2.63. The Bertz CT molecular complexity index is 463. The third-order valence-electron chi connectivity index (χ3n) is 1.86. The van der Waals surface area contributed by atoms with E-state index in [0.29, 0.717) is 5.39 Å². The van der Waals surface area contributed by atoms with Crippen molar-refractivity contribution in [3.05, 3.63) is 46.8 Å². The van der Waals surface area contributed by atoms with E-state index in [1.165, 1.54) is 12.3 Å². The van der Waals surface area contributed by atoms with Crippen LogP contribution in [0.5, 0.6) is 0 Å². The van der Waals surface area contributed by atoms with Crippen LogP contribution >= 0.6 is 0 Å². The molecule has 0 N–H and O–H groups in total. The maximum atomic E-state index is 10.6. The molecule has 1 aromatic carbocycles. The van der Waals surface area contributed by atoms with Crippen LogP contribution < -0.4 is 0 Å². The van der Waals surface area contributed by atoms with E-state index in [2.05, 4.69) is 4.98 Å². The Labute approximate surface area is 74.0 Å². The molecule has 0 amide bonds. The number of fused-ring (bicyclic) bond motifs is 1. The zero-order valence-corrected chi connectivity index (χ0v) is 6.68. The van der Waals surface area contributed by atoms with Gasteiger partial charge >= 0.3 is 0 Å². The molecule has 1 aromatic heterocycles. The van der Waals surface area contributed by atoms with Crippen LogP contribution in [0.3, 0.4) is 0 Å². The molecule has 2 aromatic rings. The molecule has 0 spiro atoms. The van der Waals surface area contributed by atoms with Gasteiger partial charge in [-0.25, -0.2) is 0 Å². The summed E-state index contributed by atoms with van der Waals surface area (Å²) in [7, 11) is 0. The standard InChI is InChI=1S/C9H6N2O2/c12-11(13)9-3-1-2-7-4-5-10-6-8(7)9/h1-6H. The molecule has 4 heteroatoms. The molecule has 0 unspecified atom stereocenters. The quantitative estimate of drug-likeness (QED) is 0.491. The lowest BCUT2D eigenvalue weighted by Crippen LogP contribution is -1.89. The van der Waals surface area contributed by atoms with E-state index < -0.39 is 4.92 Å². The summed E-state index contributed by atoms with van der Waals surface area (Å²) in [4.78, 5) is 14.0. The lowest BCUT2D eigenvalue weighted by molar-refractivity contribution is -0.383. The van der Waals surface area contributed by atoms with Gasteiger partial charge in [0.1, 0.15) is 0 Å². The fourth-order valence-corrected chi connectivity index (χ4v) is 1.26. The monoisotopic (exact) mass is 174 g/mol. The molecule has 0 aliphatic carbocycles. The summed E-state index contributed by atoms with van der Waals surface area (Å²) in [6.07, 6.45) is 3.12. The Balaban J connectivity index is 2.83. The van der Waals surface area contributed by atoms with Crippen LogP contribution in [-0.2, 0) is 0 Å². The number of nitro groups is 1. The van der Waals surface area contributed by atoms with Crippen LogP contribution in [0, 0.1) is 10.1 Å². The average molecular weight is 174 g/mol. The highest BCUT2D eigenvalue weighted by Crippen LogP contribution is 2.23. The van der Waals surface area contributed by atoms with E-state index >= 15 is 0 Å². The number of benzene rings is 1. The van der Waals surface area contributed by atoms with Crippen molar-refractivity contribution in [2.24, 2.45) is 0 Å². The summed E-state index contributed by atoms with van der Waals surface area (Å²) < 4.78 is 0. The first-order valence-corrected chi connectivity index (χ1v) is 3.76. The molecule has 2 rings (SSSR count). The lowest BCUT2D eigenvalue weighted by Gasteiger charge is -1.96. The van der Waals surface area contributed by atoms with Crippen molar-refractivity contribution < 1.29 is 4.92 Å². The number of hydrogen-bond donors (Lipinski definition) is 0. The van der Waals surface area contributed by atoms with Crippen molar-refractivity contribution in [2.75, 3.05) is 0 Å². The molecule has 0 bridgehead atoms. The van der Waals surface area contributed by atoms with Gasteiger partial charge in [0.15, 0.2) is 0 Å². The maximum absolute atomic E-state index is 10.6. The van der Waals surface area contributed by atoms with E-state index in [1.54, 1.807) is 18.3 Å². The third kappa shape index (κ3) is 1.22. The van der Waals surface area contributed by atoms with Gasteiger partial charge in [-0.05, 0) is 11.5 Å². The molecule has 0 radical (unpaired) electrons. The highest BCUT2D eigenvalue weighted by molar-refractivity contribution is 5.89. The first-order chi connectivity index (χ1) is 6.29. The molecule has 0 saturated carbocycles. The molecule has 13 heavy (non-hydrogen) atoms. The maximum Gasteiger partial charge on any atom is 0.278 e. The number of nitro benzene ring substituents is 1. The number of pyridine rings is 1. The molecule has 0 atom stereocenters. The van der Waals surface area contributed by atoms with Gasteiger partial charge < -0.3 is 0 Å². The Morgan fingerprint density at radius 2 is 2.15 bits per heavy atom. The largest absolute Gasteiger partial charge is 0.278 e. The average Bonchev–Trinajstić information content (AvgIpc) is 2.17. The Hall–Kier alpha value is -1.97. The summed E-state index contributed by atoms with van der Waals surface area (Å²) in [5.74, 6) is 0. The predicted octanol–water partition coefficient (Wildman–Crippen LogP) is 2.14. The fourth-order valence-electron chi connectivity index (χ4n) is 1.26. The highest BCUT2D eigenvalue weighted by Gasteiger charge is 2.09. The molecule has 4 nitrogen and oxygen atoms in total. The summed E-state index contributed by atoms with van der Waals surface area (Å²) in [5.41, 5.74) is 0.102. The Kier molecular flexibility index (Phi) is 1.66. The Morgan fingerprint density at radius 1 is 1.31 bits per heavy atom. The number of rotatable bonds is 1. The van der Waals surface area contributed by atoms with E-state index in [1.807, 2.05) is 6.07 Å². The minimum Gasteiger partial charge on any atom is -0.264 e. The van der Waals surface area contributed by atoms with Crippen LogP contribution in [0.25, 0.3) is 10.8 Å². The number of aromatic nitrogens is 1. The number of non-ortho nitro benzene ring substituents is 1. The molecule has 64 valence electrons. The molecule has 0 saturated heterocycles. The first-order valence-electron chi connectivity index (χ1n) is 3.76. The van der Waals surface area contributed by atoms with Crippen LogP contribution in [0.2, 0.25) is 0 Å². The Morgan fingerprint density at radius 3 is 2.92 bits per heavy atom. The van der Waals surface area contributed by atoms with Gasteiger partial charge in [-0.1, -0.05) is 12.1 Å². The number of nitrogens with zero attached hydrogens (tertiary/aromatic N) is 2. The van der Waals surface area contributed by atoms with Gasteiger partial charge in [-0.3, -0.25) is 15.1 Å². The van der Waals surface area contributed by atoms with E-state index in [-0.39, 0.29) is 5.69 Å². The van der Waals surface area contributed by atoms with E-state index in [9.17, 15) is 10.1 Å². The lowest BCUT2D eigenvalue weighted by atomic mass is 10.1. The van der Waals surface area contributed by atoms with Crippen LogP contribution in [0.1, 0.15) is 0 Å². The smallest absolute Gasteiger partial charge is 0.264 e. The molecular weight excluding hydrogens is 168 g/mol. The van der Waals surface area contributed by atoms with Crippen molar-refractivity contribution in [3.63, 3.8) is 0 Å². The van der Waals surface area contributed by atoms with Gasteiger partial charge in [0, 0.05) is 18.5 Å². The number of hydrogen-bond acceptors (Lipinski definition) is 3. The minimum atomic E-state index is -0.399.